The first-order valence-corrected chi connectivity index (χ1v) is 8.01. The van der Waals surface area contributed by atoms with E-state index >= 15 is 0 Å². The fourth-order valence-corrected chi connectivity index (χ4v) is 2.62. The number of para-hydroxylation sites is 2. The van der Waals surface area contributed by atoms with Gasteiger partial charge in [0.1, 0.15) is 5.01 Å². The predicted octanol–water partition coefficient (Wildman–Crippen LogP) is 2.91. The number of carbonyl (C=O) groups is 1. The molecule has 0 aliphatic heterocycles. The van der Waals surface area contributed by atoms with Crippen molar-refractivity contribution in [3.8, 4) is 11.5 Å². The zero-order chi connectivity index (χ0) is 15.8. The van der Waals surface area contributed by atoms with E-state index in [4.69, 9.17) is 9.47 Å². The third-order valence-corrected chi connectivity index (χ3v) is 3.58. The highest BCUT2D eigenvalue weighted by atomic mass is 32.1. The fourth-order valence-electron chi connectivity index (χ4n) is 1.76. The molecule has 1 aromatic heterocycles. The van der Waals surface area contributed by atoms with Crippen molar-refractivity contribution in [3.05, 3.63) is 29.3 Å². The summed E-state index contributed by atoms with van der Waals surface area (Å²) in [5.41, 5.74) is 0. The van der Waals surface area contributed by atoms with Crippen molar-refractivity contribution in [2.75, 3.05) is 18.5 Å². The summed E-state index contributed by atoms with van der Waals surface area (Å²) < 4.78 is 10.9. The normalized spacial score (nSPS) is 10.3. The summed E-state index contributed by atoms with van der Waals surface area (Å²) in [6, 6.07) is 7.26. The lowest BCUT2D eigenvalue weighted by Crippen LogP contribution is -2.20. The molecule has 7 heteroatoms. The Hall–Kier alpha value is -2.15. The molecule has 1 N–H and O–H groups in total. The van der Waals surface area contributed by atoms with Crippen molar-refractivity contribution < 1.29 is 14.3 Å². The summed E-state index contributed by atoms with van der Waals surface area (Å²) in [6.07, 6.45) is 1.87. The lowest BCUT2D eigenvalue weighted by Gasteiger charge is -2.10. The van der Waals surface area contributed by atoms with Gasteiger partial charge in [0.05, 0.1) is 6.61 Å². The van der Waals surface area contributed by atoms with Gasteiger partial charge in [0.2, 0.25) is 5.13 Å². The lowest BCUT2D eigenvalue weighted by atomic mass is 10.3. The van der Waals surface area contributed by atoms with Crippen molar-refractivity contribution in [1.82, 2.24) is 10.2 Å². The van der Waals surface area contributed by atoms with Crippen LogP contribution in [0.4, 0.5) is 5.13 Å². The smallest absolute Gasteiger partial charge is 0.264 e. The predicted molar refractivity (Wildman–Crippen MR) is 85.6 cm³/mol. The van der Waals surface area contributed by atoms with Crippen LogP contribution in [0.15, 0.2) is 24.3 Å². The van der Waals surface area contributed by atoms with Crippen LogP contribution in [-0.4, -0.2) is 29.3 Å². The third kappa shape index (κ3) is 4.70. The number of ether oxygens (including phenoxy) is 2. The number of aromatic nitrogens is 2. The van der Waals surface area contributed by atoms with Crippen molar-refractivity contribution in [3.63, 3.8) is 0 Å². The van der Waals surface area contributed by atoms with Crippen LogP contribution < -0.4 is 14.8 Å². The molecule has 0 aliphatic rings. The molecule has 0 fully saturated rings. The topological polar surface area (TPSA) is 73.3 Å². The molecule has 2 rings (SSSR count). The van der Waals surface area contributed by atoms with Crippen LogP contribution in [0.1, 0.15) is 25.3 Å². The number of hydrogen-bond acceptors (Lipinski definition) is 6. The van der Waals surface area contributed by atoms with Crippen molar-refractivity contribution in [2.45, 2.75) is 26.7 Å². The number of amides is 1. The monoisotopic (exact) mass is 321 g/mol. The lowest BCUT2D eigenvalue weighted by molar-refractivity contribution is -0.118. The average Bonchev–Trinajstić information content (AvgIpc) is 2.94. The summed E-state index contributed by atoms with van der Waals surface area (Å²) in [4.78, 5) is 11.9. The molecule has 118 valence electrons. The summed E-state index contributed by atoms with van der Waals surface area (Å²) in [7, 11) is 0. The number of rotatable bonds is 8. The number of benzene rings is 1. The second-order valence-corrected chi connectivity index (χ2v) is 5.53. The summed E-state index contributed by atoms with van der Waals surface area (Å²) in [5, 5.41) is 12.0. The Kier molecular flexibility index (Phi) is 6.14. The molecule has 0 saturated heterocycles. The molecule has 22 heavy (non-hydrogen) atoms. The molecule has 1 aromatic carbocycles. The molecule has 1 amide bonds. The Morgan fingerprint density at radius 2 is 1.91 bits per heavy atom. The molecule has 0 aliphatic carbocycles. The molecule has 0 bridgehead atoms. The molecule has 1 heterocycles. The van der Waals surface area contributed by atoms with Gasteiger partial charge in [-0.15, -0.1) is 10.2 Å². The molecular weight excluding hydrogens is 302 g/mol. The standard InChI is InChI=1S/C15H19N3O3S/c1-3-7-14-17-18-15(22-14)16-13(19)10-21-12-9-6-5-8-11(12)20-4-2/h5-6,8-9H,3-4,7,10H2,1-2H3,(H,16,18,19). The number of nitrogens with zero attached hydrogens (tertiary/aromatic N) is 2. The molecular formula is C15H19N3O3S. The minimum absolute atomic E-state index is 0.104. The van der Waals surface area contributed by atoms with Crippen LogP contribution in [0, 0.1) is 0 Å². The van der Waals surface area contributed by atoms with Gasteiger partial charge in [-0.3, -0.25) is 10.1 Å². The second-order valence-electron chi connectivity index (χ2n) is 4.47. The zero-order valence-corrected chi connectivity index (χ0v) is 13.5. The Labute approximate surface area is 133 Å². The maximum absolute atomic E-state index is 11.9. The van der Waals surface area contributed by atoms with Crippen LogP contribution in [-0.2, 0) is 11.2 Å². The van der Waals surface area contributed by atoms with Gasteiger partial charge in [-0.25, -0.2) is 0 Å². The minimum atomic E-state index is -0.273. The van der Waals surface area contributed by atoms with Crippen LogP contribution in [0.3, 0.4) is 0 Å². The highest BCUT2D eigenvalue weighted by Crippen LogP contribution is 2.26. The van der Waals surface area contributed by atoms with Gasteiger partial charge in [-0.05, 0) is 25.5 Å². The van der Waals surface area contributed by atoms with E-state index in [1.807, 2.05) is 19.1 Å². The highest BCUT2D eigenvalue weighted by Gasteiger charge is 2.10. The summed E-state index contributed by atoms with van der Waals surface area (Å²) >= 11 is 1.38. The third-order valence-electron chi connectivity index (χ3n) is 2.68. The van der Waals surface area contributed by atoms with E-state index in [2.05, 4.69) is 22.4 Å². The molecule has 6 nitrogen and oxygen atoms in total. The van der Waals surface area contributed by atoms with Crippen LogP contribution >= 0.6 is 11.3 Å². The van der Waals surface area contributed by atoms with E-state index in [1.54, 1.807) is 12.1 Å². The average molecular weight is 321 g/mol. The van der Waals surface area contributed by atoms with Gasteiger partial charge >= 0.3 is 0 Å². The Morgan fingerprint density at radius 3 is 2.59 bits per heavy atom. The minimum Gasteiger partial charge on any atom is -0.490 e. The van der Waals surface area contributed by atoms with E-state index in [-0.39, 0.29) is 12.5 Å². The molecule has 2 aromatic rings. The number of aryl methyl sites for hydroxylation is 1. The van der Waals surface area contributed by atoms with Gasteiger partial charge < -0.3 is 9.47 Å². The summed E-state index contributed by atoms with van der Waals surface area (Å²) in [5.74, 6) is 0.896. The maximum atomic E-state index is 11.9. The van der Waals surface area contributed by atoms with E-state index < -0.39 is 0 Å². The number of nitrogens with one attached hydrogen (secondary N) is 1. The molecule has 0 spiro atoms. The van der Waals surface area contributed by atoms with E-state index in [1.165, 1.54) is 11.3 Å². The SMILES string of the molecule is CCCc1nnc(NC(=O)COc2ccccc2OCC)s1. The van der Waals surface area contributed by atoms with Gasteiger partial charge in [0.15, 0.2) is 18.1 Å². The van der Waals surface area contributed by atoms with Crippen LogP contribution in [0.25, 0.3) is 0 Å². The summed E-state index contributed by atoms with van der Waals surface area (Å²) in [6.45, 7) is 4.40. The number of hydrogen-bond donors (Lipinski definition) is 1. The van der Waals surface area contributed by atoms with Crippen molar-refractivity contribution in [2.24, 2.45) is 0 Å². The van der Waals surface area contributed by atoms with Crippen molar-refractivity contribution >= 4 is 22.4 Å². The Balaban J connectivity index is 1.87. The number of carbonyl (C=O) groups excluding carboxylic acids is 1. The van der Waals surface area contributed by atoms with Gasteiger partial charge in [-0.1, -0.05) is 30.4 Å². The Bertz CT molecular complexity index is 616. The number of anilines is 1. The molecule has 0 radical (unpaired) electrons. The first-order chi connectivity index (χ1) is 10.7. The zero-order valence-electron chi connectivity index (χ0n) is 12.7. The van der Waals surface area contributed by atoms with Gasteiger partial charge in [0, 0.05) is 6.42 Å². The second kappa shape index (κ2) is 8.33. The van der Waals surface area contributed by atoms with Gasteiger partial charge in [-0.2, -0.15) is 0 Å². The van der Waals surface area contributed by atoms with Crippen LogP contribution in [0.2, 0.25) is 0 Å². The largest absolute Gasteiger partial charge is 0.490 e. The first-order valence-electron chi connectivity index (χ1n) is 7.19. The van der Waals surface area contributed by atoms with E-state index in [0.717, 1.165) is 17.8 Å². The molecule has 0 saturated carbocycles. The molecule has 0 atom stereocenters. The quantitative estimate of drug-likeness (QED) is 0.809. The van der Waals surface area contributed by atoms with Crippen LogP contribution in [0.5, 0.6) is 11.5 Å². The van der Waals surface area contributed by atoms with E-state index in [0.29, 0.717) is 23.2 Å². The highest BCUT2D eigenvalue weighted by molar-refractivity contribution is 7.15. The first kappa shape index (κ1) is 16.2. The van der Waals surface area contributed by atoms with Gasteiger partial charge in [0.25, 0.3) is 5.91 Å². The van der Waals surface area contributed by atoms with Crippen molar-refractivity contribution in [1.29, 1.82) is 0 Å². The van der Waals surface area contributed by atoms with E-state index in [9.17, 15) is 4.79 Å². The fraction of sp³-hybridized carbons (Fsp3) is 0.400. The maximum Gasteiger partial charge on any atom is 0.264 e. The Morgan fingerprint density at radius 1 is 1.18 bits per heavy atom. The molecule has 0 unspecified atom stereocenters.